The summed E-state index contributed by atoms with van der Waals surface area (Å²) in [5, 5.41) is 5.29. The summed E-state index contributed by atoms with van der Waals surface area (Å²) in [6.07, 6.45) is 0.292. The number of amides is 3. The smallest absolute Gasteiger partial charge is 0.409 e. The Labute approximate surface area is 220 Å². The molecule has 1 aliphatic heterocycles. The van der Waals surface area contributed by atoms with E-state index in [-0.39, 0.29) is 37.7 Å². The molecule has 1 unspecified atom stereocenters. The van der Waals surface area contributed by atoms with Gasteiger partial charge in [0.25, 0.3) is 5.91 Å². The van der Waals surface area contributed by atoms with Gasteiger partial charge in [0.05, 0.1) is 12.8 Å². The summed E-state index contributed by atoms with van der Waals surface area (Å²) in [5.74, 6) is -0.830. The van der Waals surface area contributed by atoms with Gasteiger partial charge in [0.15, 0.2) is 5.82 Å². The van der Waals surface area contributed by atoms with Crippen molar-refractivity contribution in [2.45, 2.75) is 25.8 Å². The van der Waals surface area contributed by atoms with Crippen LogP contribution in [0.4, 0.5) is 10.6 Å². The van der Waals surface area contributed by atoms with E-state index in [1.807, 2.05) is 13.0 Å². The van der Waals surface area contributed by atoms with Crippen LogP contribution in [0.2, 0.25) is 0 Å². The fraction of sp³-hybridized carbons (Fsp3) is 0.458. The number of carbonyl (C=O) groups excluding carboxylic acids is 3. The summed E-state index contributed by atoms with van der Waals surface area (Å²) in [6.45, 7) is 2.96. The van der Waals surface area contributed by atoms with Gasteiger partial charge in [0, 0.05) is 44.9 Å². The molecule has 206 valence electrons. The van der Waals surface area contributed by atoms with E-state index in [2.05, 4.69) is 20.6 Å². The Bertz CT molecular complexity index is 1170. The van der Waals surface area contributed by atoms with Crippen LogP contribution in [0.25, 0.3) is 11.4 Å². The van der Waals surface area contributed by atoms with Crippen molar-refractivity contribution >= 4 is 31.3 Å². The van der Waals surface area contributed by atoms with E-state index in [0.717, 1.165) is 12.8 Å². The summed E-state index contributed by atoms with van der Waals surface area (Å²) in [6, 6.07) is 8.84. The molecule has 1 fully saturated rings. The number of ether oxygens (including phenoxy) is 1. The molecule has 1 aromatic carbocycles. The van der Waals surface area contributed by atoms with Gasteiger partial charge in [0.1, 0.15) is 17.6 Å². The van der Waals surface area contributed by atoms with Crippen molar-refractivity contribution in [3.63, 3.8) is 0 Å². The molecular formula is C24H33N6O7P. The van der Waals surface area contributed by atoms with Crippen LogP contribution in [0.3, 0.4) is 0 Å². The van der Waals surface area contributed by atoms with Gasteiger partial charge in [-0.1, -0.05) is 43.7 Å². The maximum Gasteiger partial charge on any atom is 0.409 e. The number of piperazine rings is 1. The molecule has 14 heteroatoms. The molecule has 13 nitrogen and oxygen atoms in total. The molecule has 0 radical (unpaired) electrons. The van der Waals surface area contributed by atoms with Gasteiger partial charge in [-0.25, -0.2) is 14.8 Å². The number of aromatic nitrogens is 2. The van der Waals surface area contributed by atoms with Crippen LogP contribution in [0.1, 0.15) is 30.3 Å². The number of hydrogen-bond donors (Lipinski definition) is 4. The van der Waals surface area contributed by atoms with Crippen molar-refractivity contribution in [1.82, 2.24) is 25.1 Å². The second-order valence-electron chi connectivity index (χ2n) is 8.73. The van der Waals surface area contributed by atoms with E-state index >= 15 is 0 Å². The zero-order valence-electron chi connectivity index (χ0n) is 21.4. The molecule has 2 aromatic rings. The fourth-order valence-corrected chi connectivity index (χ4v) is 4.51. The molecular weight excluding hydrogens is 515 g/mol. The topological polar surface area (TPSA) is 174 Å². The van der Waals surface area contributed by atoms with Crippen LogP contribution >= 0.6 is 7.60 Å². The molecule has 0 spiro atoms. The second-order valence-corrected chi connectivity index (χ2v) is 10.4. The first kappa shape index (κ1) is 29.0. The molecule has 0 bridgehead atoms. The predicted octanol–water partition coefficient (Wildman–Crippen LogP) is 1.54. The quantitative estimate of drug-likeness (QED) is 0.252. The molecule has 2 heterocycles. The van der Waals surface area contributed by atoms with Gasteiger partial charge in [-0.2, -0.15) is 0 Å². The van der Waals surface area contributed by atoms with Crippen LogP contribution in [-0.2, 0) is 14.1 Å². The highest BCUT2D eigenvalue weighted by Crippen LogP contribution is 2.35. The number of rotatable bonds is 10. The van der Waals surface area contributed by atoms with Gasteiger partial charge in [0.2, 0.25) is 5.91 Å². The zero-order chi connectivity index (χ0) is 27.7. The summed E-state index contributed by atoms with van der Waals surface area (Å²) in [7, 11) is -3.06. The predicted molar refractivity (Wildman–Crippen MR) is 140 cm³/mol. The van der Waals surface area contributed by atoms with Crippen LogP contribution in [-0.4, -0.2) is 99.5 Å². The van der Waals surface area contributed by atoms with Crippen molar-refractivity contribution in [3.05, 3.63) is 42.1 Å². The maximum absolute atomic E-state index is 13.2. The SMILES string of the molecule is CCCCOC(=O)N1CCN(C(=O)C(CP(=O)(O)O)NC(=O)c2cc(NC)nc(-c3ccccc3)n2)CC1. The van der Waals surface area contributed by atoms with Gasteiger partial charge in [-0.3, -0.25) is 14.2 Å². The first-order valence-corrected chi connectivity index (χ1v) is 14.1. The van der Waals surface area contributed by atoms with Crippen LogP contribution in [0.15, 0.2) is 36.4 Å². The van der Waals surface area contributed by atoms with Crippen molar-refractivity contribution in [3.8, 4) is 11.4 Å². The molecule has 0 aliphatic carbocycles. The van der Waals surface area contributed by atoms with Crippen LogP contribution < -0.4 is 10.6 Å². The molecule has 1 aliphatic rings. The number of benzene rings is 1. The van der Waals surface area contributed by atoms with Gasteiger partial charge in [-0.05, 0) is 6.42 Å². The van der Waals surface area contributed by atoms with Gasteiger partial charge in [-0.15, -0.1) is 0 Å². The summed E-state index contributed by atoms with van der Waals surface area (Å²) >= 11 is 0. The third-order valence-electron chi connectivity index (χ3n) is 5.84. The average molecular weight is 549 g/mol. The Balaban J connectivity index is 1.73. The first-order valence-electron chi connectivity index (χ1n) is 12.3. The number of anilines is 1. The van der Waals surface area contributed by atoms with E-state index in [4.69, 9.17) is 4.74 Å². The second kappa shape index (κ2) is 13.3. The molecule has 3 rings (SSSR count). The zero-order valence-corrected chi connectivity index (χ0v) is 22.3. The van der Waals surface area contributed by atoms with Gasteiger partial charge >= 0.3 is 13.7 Å². The maximum atomic E-state index is 13.2. The van der Waals surface area contributed by atoms with Crippen molar-refractivity contribution in [2.24, 2.45) is 0 Å². The largest absolute Gasteiger partial charge is 0.449 e. The molecule has 4 N–H and O–H groups in total. The number of nitrogens with one attached hydrogen (secondary N) is 2. The summed E-state index contributed by atoms with van der Waals surface area (Å²) in [4.78, 5) is 69.2. The standard InChI is InChI=1S/C24H33N6O7P/c1-3-4-14-37-24(33)30-12-10-29(11-13-30)23(32)19(16-38(34,35)36)27-22(31)18-15-20(25-2)28-21(26-18)17-8-6-5-7-9-17/h5-9,15,19H,3-4,10-14,16H2,1-2H3,(H,27,31)(H,25,26,28)(H2,34,35,36). The third kappa shape index (κ3) is 8.23. The van der Waals surface area contributed by atoms with Crippen molar-refractivity contribution in [1.29, 1.82) is 0 Å². The summed E-state index contributed by atoms with van der Waals surface area (Å²) < 4.78 is 17.0. The lowest BCUT2D eigenvalue weighted by Crippen LogP contribution is -2.56. The van der Waals surface area contributed by atoms with E-state index in [0.29, 0.717) is 18.0 Å². The number of carbonyl (C=O) groups is 3. The number of unbranched alkanes of at least 4 members (excludes halogenated alkanes) is 1. The highest BCUT2D eigenvalue weighted by Gasteiger charge is 2.35. The highest BCUT2D eigenvalue weighted by atomic mass is 31.2. The average Bonchev–Trinajstić information content (AvgIpc) is 2.91. The molecule has 1 saturated heterocycles. The van der Waals surface area contributed by atoms with Gasteiger partial charge < -0.3 is 35.0 Å². The first-order chi connectivity index (χ1) is 18.1. The summed E-state index contributed by atoms with van der Waals surface area (Å²) in [5.41, 5.74) is 0.582. The Morgan fingerprint density at radius 3 is 2.34 bits per heavy atom. The Morgan fingerprint density at radius 1 is 1.08 bits per heavy atom. The highest BCUT2D eigenvalue weighted by molar-refractivity contribution is 7.51. The minimum absolute atomic E-state index is 0.0774. The Kier molecular flexibility index (Phi) is 10.2. The van der Waals surface area contributed by atoms with Crippen LogP contribution in [0.5, 0.6) is 0 Å². The normalized spacial score (nSPS) is 14.5. The van der Waals surface area contributed by atoms with E-state index < -0.39 is 37.7 Å². The molecule has 1 aromatic heterocycles. The van der Waals surface area contributed by atoms with E-state index in [1.54, 1.807) is 31.3 Å². The Morgan fingerprint density at radius 2 is 1.74 bits per heavy atom. The van der Waals surface area contributed by atoms with Crippen molar-refractivity contribution in [2.75, 3.05) is 51.3 Å². The number of nitrogens with zero attached hydrogens (tertiary/aromatic N) is 4. The molecule has 1 atom stereocenters. The molecule has 38 heavy (non-hydrogen) atoms. The minimum atomic E-state index is -4.68. The number of hydrogen-bond acceptors (Lipinski definition) is 8. The molecule has 3 amide bonds. The Hall–Kier alpha value is -3.54. The van der Waals surface area contributed by atoms with Crippen molar-refractivity contribution < 1.29 is 33.5 Å². The van der Waals surface area contributed by atoms with Crippen LogP contribution in [0, 0.1) is 0 Å². The lowest BCUT2D eigenvalue weighted by Gasteiger charge is -2.36. The lowest BCUT2D eigenvalue weighted by molar-refractivity contribution is -0.134. The minimum Gasteiger partial charge on any atom is -0.449 e. The molecule has 0 saturated carbocycles. The fourth-order valence-electron chi connectivity index (χ4n) is 3.79. The monoisotopic (exact) mass is 548 g/mol. The van der Waals surface area contributed by atoms with E-state index in [9.17, 15) is 28.7 Å². The lowest BCUT2D eigenvalue weighted by atomic mass is 10.2. The third-order valence-corrected chi connectivity index (χ3v) is 6.68. The van der Waals surface area contributed by atoms with E-state index in [1.165, 1.54) is 15.9 Å².